The number of hydrogen-bond donors (Lipinski definition) is 1. The fraction of sp³-hybridized carbons (Fsp3) is 0.571. The van der Waals surface area contributed by atoms with Crippen LogP contribution in [0.4, 0.5) is 0 Å². The number of halogens is 1. The van der Waals surface area contributed by atoms with Gasteiger partial charge in [-0.2, -0.15) is 0 Å². The second kappa shape index (κ2) is 5.91. The van der Waals surface area contributed by atoms with E-state index in [4.69, 9.17) is 16.3 Å². The van der Waals surface area contributed by atoms with Gasteiger partial charge in [-0.15, -0.1) is 0 Å². The highest BCUT2D eigenvalue weighted by Gasteiger charge is 2.27. The highest BCUT2D eigenvalue weighted by Crippen LogP contribution is 2.32. The Bertz CT molecular complexity index is 403. The Balaban J connectivity index is 2.27. The standard InChI is InChI=1S/C14H21ClN2O/c1-17(2)14(12-5-4-8-16-12)10-6-7-13(18-3)11(15)9-10/h6-7,9,12,14,16H,4-5,8H2,1-3H3. The summed E-state index contributed by atoms with van der Waals surface area (Å²) in [4.78, 5) is 2.25. The third-order valence-electron chi connectivity index (χ3n) is 3.55. The Hall–Kier alpha value is -0.770. The van der Waals surface area contributed by atoms with E-state index in [9.17, 15) is 0 Å². The van der Waals surface area contributed by atoms with Crippen LogP contribution in [0.5, 0.6) is 5.75 Å². The van der Waals surface area contributed by atoms with E-state index in [1.807, 2.05) is 12.1 Å². The van der Waals surface area contributed by atoms with Crippen LogP contribution in [0.15, 0.2) is 18.2 Å². The third kappa shape index (κ3) is 2.79. The third-order valence-corrected chi connectivity index (χ3v) is 3.85. The lowest BCUT2D eigenvalue weighted by Crippen LogP contribution is -2.37. The Morgan fingerprint density at radius 3 is 2.72 bits per heavy atom. The molecule has 0 saturated carbocycles. The molecule has 1 fully saturated rings. The number of benzene rings is 1. The number of methoxy groups -OCH3 is 1. The van der Waals surface area contributed by atoms with E-state index in [2.05, 4.69) is 30.4 Å². The van der Waals surface area contributed by atoms with E-state index in [-0.39, 0.29) is 0 Å². The predicted molar refractivity (Wildman–Crippen MR) is 75.5 cm³/mol. The van der Waals surface area contributed by atoms with Crippen molar-refractivity contribution in [2.24, 2.45) is 0 Å². The molecule has 1 aliphatic rings. The van der Waals surface area contributed by atoms with Crippen LogP contribution < -0.4 is 10.1 Å². The van der Waals surface area contributed by atoms with Gasteiger partial charge in [0.05, 0.1) is 12.1 Å². The van der Waals surface area contributed by atoms with Crippen LogP contribution in [-0.2, 0) is 0 Å². The van der Waals surface area contributed by atoms with Gasteiger partial charge in [-0.05, 0) is 51.2 Å². The molecule has 2 atom stereocenters. The van der Waals surface area contributed by atoms with Gasteiger partial charge in [-0.1, -0.05) is 17.7 Å². The van der Waals surface area contributed by atoms with Crippen LogP contribution >= 0.6 is 11.6 Å². The maximum absolute atomic E-state index is 6.22. The topological polar surface area (TPSA) is 24.5 Å². The fourth-order valence-electron chi connectivity index (χ4n) is 2.74. The highest BCUT2D eigenvalue weighted by molar-refractivity contribution is 6.32. The van der Waals surface area contributed by atoms with E-state index in [1.54, 1.807) is 7.11 Å². The minimum Gasteiger partial charge on any atom is -0.495 e. The first-order chi connectivity index (χ1) is 8.63. The second-order valence-corrected chi connectivity index (χ2v) is 5.41. The molecular formula is C14H21ClN2O. The first-order valence-corrected chi connectivity index (χ1v) is 6.74. The Morgan fingerprint density at radius 2 is 2.22 bits per heavy atom. The summed E-state index contributed by atoms with van der Waals surface area (Å²) in [7, 11) is 5.87. The molecular weight excluding hydrogens is 248 g/mol. The number of nitrogens with one attached hydrogen (secondary N) is 1. The van der Waals surface area contributed by atoms with Gasteiger partial charge < -0.3 is 15.0 Å². The molecule has 2 rings (SSSR count). The van der Waals surface area contributed by atoms with E-state index in [0.717, 1.165) is 12.3 Å². The molecule has 3 nitrogen and oxygen atoms in total. The average Bonchev–Trinajstić information content (AvgIpc) is 2.82. The van der Waals surface area contributed by atoms with Crippen molar-refractivity contribution in [3.8, 4) is 5.75 Å². The molecule has 1 N–H and O–H groups in total. The molecule has 0 radical (unpaired) electrons. The minimum absolute atomic E-state index is 0.357. The summed E-state index contributed by atoms with van der Waals surface area (Å²) in [6.45, 7) is 1.11. The van der Waals surface area contributed by atoms with E-state index in [0.29, 0.717) is 17.1 Å². The quantitative estimate of drug-likeness (QED) is 0.909. The smallest absolute Gasteiger partial charge is 0.137 e. The molecule has 1 heterocycles. The van der Waals surface area contributed by atoms with Gasteiger partial charge in [0.15, 0.2) is 0 Å². The molecule has 18 heavy (non-hydrogen) atoms. The number of ether oxygens (including phenoxy) is 1. The lowest BCUT2D eigenvalue weighted by Gasteiger charge is -2.30. The van der Waals surface area contributed by atoms with E-state index in [1.165, 1.54) is 18.4 Å². The van der Waals surface area contributed by atoms with E-state index < -0.39 is 0 Å². The summed E-state index contributed by atoms with van der Waals surface area (Å²) < 4.78 is 5.20. The first kappa shape index (κ1) is 13.7. The monoisotopic (exact) mass is 268 g/mol. The van der Waals surface area contributed by atoms with Gasteiger partial charge in [-0.25, -0.2) is 0 Å². The van der Waals surface area contributed by atoms with Gasteiger partial charge in [-0.3, -0.25) is 0 Å². The summed E-state index contributed by atoms with van der Waals surface area (Å²) in [5.74, 6) is 0.734. The van der Waals surface area contributed by atoms with Gasteiger partial charge in [0.2, 0.25) is 0 Å². The van der Waals surface area contributed by atoms with Crippen molar-refractivity contribution in [3.63, 3.8) is 0 Å². The molecule has 1 aromatic carbocycles. The van der Waals surface area contributed by atoms with E-state index >= 15 is 0 Å². The normalized spacial score (nSPS) is 21.3. The zero-order valence-corrected chi connectivity index (χ0v) is 12.0. The summed E-state index contributed by atoms with van der Waals surface area (Å²) in [5, 5.41) is 4.25. The Morgan fingerprint density at radius 1 is 1.44 bits per heavy atom. The molecule has 4 heteroatoms. The van der Waals surface area contributed by atoms with Crippen molar-refractivity contribution >= 4 is 11.6 Å². The zero-order valence-electron chi connectivity index (χ0n) is 11.2. The summed E-state index contributed by atoms with van der Waals surface area (Å²) in [5.41, 5.74) is 1.24. The molecule has 0 spiro atoms. The molecule has 2 unspecified atom stereocenters. The lowest BCUT2D eigenvalue weighted by atomic mass is 9.97. The van der Waals surface area contributed by atoms with Crippen molar-refractivity contribution in [1.82, 2.24) is 10.2 Å². The van der Waals surface area contributed by atoms with Crippen molar-refractivity contribution < 1.29 is 4.74 Å². The largest absolute Gasteiger partial charge is 0.495 e. The lowest BCUT2D eigenvalue weighted by molar-refractivity contribution is 0.244. The molecule has 0 amide bonds. The average molecular weight is 269 g/mol. The highest BCUT2D eigenvalue weighted by atomic mass is 35.5. The molecule has 1 aromatic rings. The maximum Gasteiger partial charge on any atom is 0.137 e. The molecule has 1 aliphatic heterocycles. The van der Waals surface area contributed by atoms with Gasteiger partial charge in [0.25, 0.3) is 0 Å². The van der Waals surface area contributed by atoms with Crippen LogP contribution in [0, 0.1) is 0 Å². The van der Waals surface area contributed by atoms with Crippen molar-refractivity contribution in [1.29, 1.82) is 0 Å². The SMILES string of the molecule is COc1ccc(C(C2CCCN2)N(C)C)cc1Cl. The van der Waals surface area contributed by atoms with Gasteiger partial charge in [0.1, 0.15) is 5.75 Å². The Labute approximate surface area is 114 Å². The Kier molecular flexibility index (Phi) is 4.49. The minimum atomic E-state index is 0.357. The first-order valence-electron chi connectivity index (χ1n) is 6.36. The zero-order chi connectivity index (χ0) is 13.1. The molecule has 1 saturated heterocycles. The summed E-state index contributed by atoms with van der Waals surface area (Å²) >= 11 is 6.22. The number of rotatable bonds is 4. The fourth-order valence-corrected chi connectivity index (χ4v) is 3.00. The molecule has 0 aromatic heterocycles. The molecule has 100 valence electrons. The van der Waals surface area contributed by atoms with Crippen LogP contribution in [-0.4, -0.2) is 38.7 Å². The van der Waals surface area contributed by atoms with Crippen LogP contribution in [0.2, 0.25) is 5.02 Å². The van der Waals surface area contributed by atoms with Crippen LogP contribution in [0.3, 0.4) is 0 Å². The van der Waals surface area contributed by atoms with Gasteiger partial charge in [0, 0.05) is 12.1 Å². The van der Waals surface area contributed by atoms with Crippen molar-refractivity contribution in [3.05, 3.63) is 28.8 Å². The van der Waals surface area contributed by atoms with Gasteiger partial charge >= 0.3 is 0 Å². The molecule has 0 aliphatic carbocycles. The van der Waals surface area contributed by atoms with Crippen LogP contribution in [0.1, 0.15) is 24.4 Å². The van der Waals surface area contributed by atoms with Crippen LogP contribution in [0.25, 0.3) is 0 Å². The number of likely N-dealkylation sites (N-methyl/N-ethyl adjacent to an activating group) is 1. The van der Waals surface area contributed by atoms with Crippen molar-refractivity contribution in [2.75, 3.05) is 27.7 Å². The molecule has 0 bridgehead atoms. The number of nitrogens with zero attached hydrogens (tertiary/aromatic N) is 1. The summed E-state index contributed by atoms with van der Waals surface area (Å²) in [6, 6.07) is 6.93. The van der Waals surface area contributed by atoms with Crippen molar-refractivity contribution in [2.45, 2.75) is 24.9 Å². The maximum atomic E-state index is 6.22. The summed E-state index contributed by atoms with van der Waals surface area (Å²) in [6.07, 6.45) is 2.46. The second-order valence-electron chi connectivity index (χ2n) is 5.01. The predicted octanol–water partition coefficient (Wildman–Crippen LogP) is 2.70. The number of hydrogen-bond acceptors (Lipinski definition) is 3.